The molecule has 1 aliphatic carbocycles. The molecule has 0 atom stereocenters. The van der Waals surface area contributed by atoms with E-state index in [1.807, 2.05) is 0 Å². The van der Waals surface area contributed by atoms with Gasteiger partial charge in [0.05, 0.1) is 6.61 Å². The van der Waals surface area contributed by atoms with E-state index in [2.05, 4.69) is 0 Å². The molecule has 1 saturated carbocycles. The molecular formula is C13H16O3. The van der Waals surface area contributed by atoms with E-state index in [-0.39, 0.29) is 12.6 Å². The third-order valence-corrected chi connectivity index (χ3v) is 2.62. The average molecular weight is 220 g/mol. The first-order chi connectivity index (χ1) is 7.75. The highest BCUT2D eigenvalue weighted by Crippen LogP contribution is 2.28. The van der Waals surface area contributed by atoms with Crippen molar-refractivity contribution in [2.75, 3.05) is 13.4 Å². The molecule has 0 aliphatic heterocycles. The molecule has 1 aromatic carbocycles. The average Bonchev–Trinajstić information content (AvgIpc) is 3.09. The highest BCUT2D eigenvalue weighted by atomic mass is 16.7. The van der Waals surface area contributed by atoms with Gasteiger partial charge in [0.2, 0.25) is 0 Å². The fraction of sp³-hybridized carbons (Fsp3) is 0.462. The molecule has 0 radical (unpaired) electrons. The summed E-state index contributed by atoms with van der Waals surface area (Å²) in [6.07, 6.45) is 2.57. The largest absolute Gasteiger partial charge is 0.468 e. The van der Waals surface area contributed by atoms with E-state index < -0.39 is 0 Å². The van der Waals surface area contributed by atoms with Crippen LogP contribution < -0.4 is 4.74 Å². The lowest BCUT2D eigenvalue weighted by Gasteiger charge is -2.06. The first kappa shape index (κ1) is 11.1. The van der Waals surface area contributed by atoms with E-state index in [0.717, 1.165) is 18.3 Å². The maximum atomic E-state index is 11.0. The van der Waals surface area contributed by atoms with Gasteiger partial charge in [-0.1, -0.05) is 0 Å². The lowest BCUT2D eigenvalue weighted by Crippen LogP contribution is -2.05. The van der Waals surface area contributed by atoms with Gasteiger partial charge >= 0.3 is 0 Å². The number of hydrogen-bond acceptors (Lipinski definition) is 3. The van der Waals surface area contributed by atoms with E-state index in [1.165, 1.54) is 12.8 Å². The van der Waals surface area contributed by atoms with Crippen LogP contribution in [-0.2, 0) is 4.74 Å². The molecule has 0 aromatic heterocycles. The van der Waals surface area contributed by atoms with Crippen LogP contribution in [0.15, 0.2) is 24.3 Å². The van der Waals surface area contributed by atoms with Crippen LogP contribution in [0.2, 0.25) is 0 Å². The number of Topliss-reactive ketones (excluding diaryl/α,β-unsaturated/α-hetero) is 1. The Morgan fingerprint density at radius 2 is 2.00 bits per heavy atom. The van der Waals surface area contributed by atoms with Crippen molar-refractivity contribution in [2.24, 2.45) is 5.92 Å². The lowest BCUT2D eigenvalue weighted by molar-refractivity contribution is 0.00998. The summed E-state index contributed by atoms with van der Waals surface area (Å²) in [5.74, 6) is 1.56. The van der Waals surface area contributed by atoms with Gasteiger partial charge in [-0.25, -0.2) is 0 Å². The predicted molar refractivity (Wildman–Crippen MR) is 60.6 cm³/mol. The molecule has 16 heavy (non-hydrogen) atoms. The van der Waals surface area contributed by atoms with Crippen LogP contribution in [-0.4, -0.2) is 19.2 Å². The molecule has 0 N–H and O–H groups in total. The molecule has 3 heteroatoms. The van der Waals surface area contributed by atoms with Gasteiger partial charge in [0.1, 0.15) is 5.75 Å². The topological polar surface area (TPSA) is 35.5 Å². The zero-order chi connectivity index (χ0) is 11.4. The maximum absolute atomic E-state index is 11.0. The molecule has 1 aliphatic rings. The van der Waals surface area contributed by atoms with E-state index in [9.17, 15) is 4.79 Å². The summed E-state index contributed by atoms with van der Waals surface area (Å²) in [7, 11) is 0. The quantitative estimate of drug-likeness (QED) is 0.420. The van der Waals surface area contributed by atoms with Crippen molar-refractivity contribution >= 4 is 5.78 Å². The second-order valence-electron chi connectivity index (χ2n) is 4.16. The van der Waals surface area contributed by atoms with E-state index in [4.69, 9.17) is 9.47 Å². The zero-order valence-corrected chi connectivity index (χ0v) is 9.44. The van der Waals surface area contributed by atoms with Crippen LogP contribution in [0.1, 0.15) is 30.1 Å². The highest BCUT2D eigenvalue weighted by Gasteiger charge is 2.20. The zero-order valence-electron chi connectivity index (χ0n) is 9.44. The Labute approximate surface area is 95.4 Å². The van der Waals surface area contributed by atoms with Gasteiger partial charge in [-0.05, 0) is 49.9 Å². The molecule has 0 heterocycles. The Hall–Kier alpha value is -1.35. The van der Waals surface area contributed by atoms with Crippen LogP contribution in [0.5, 0.6) is 5.75 Å². The normalized spacial score (nSPS) is 14.8. The molecule has 0 amide bonds. The maximum Gasteiger partial charge on any atom is 0.189 e. The number of ketones is 1. The molecule has 1 fully saturated rings. The SMILES string of the molecule is CC(=O)c1ccc(OCOCC2CC2)cc1. The van der Waals surface area contributed by atoms with Gasteiger partial charge in [-0.15, -0.1) is 0 Å². The smallest absolute Gasteiger partial charge is 0.189 e. The van der Waals surface area contributed by atoms with Gasteiger partial charge in [0, 0.05) is 5.56 Å². The summed E-state index contributed by atoms with van der Waals surface area (Å²) in [6.45, 7) is 2.63. The van der Waals surface area contributed by atoms with Gasteiger partial charge in [-0.2, -0.15) is 0 Å². The standard InChI is InChI=1S/C13H16O3/c1-10(14)12-4-6-13(7-5-12)16-9-15-8-11-2-3-11/h4-7,11H,2-3,8-9H2,1H3. The van der Waals surface area contributed by atoms with E-state index >= 15 is 0 Å². The molecule has 2 rings (SSSR count). The van der Waals surface area contributed by atoms with Crippen molar-refractivity contribution in [3.05, 3.63) is 29.8 Å². The molecular weight excluding hydrogens is 204 g/mol. The van der Waals surface area contributed by atoms with Crippen LogP contribution in [0, 0.1) is 5.92 Å². The van der Waals surface area contributed by atoms with Crippen molar-refractivity contribution in [3.63, 3.8) is 0 Å². The lowest BCUT2D eigenvalue weighted by atomic mass is 10.1. The third-order valence-electron chi connectivity index (χ3n) is 2.62. The second-order valence-corrected chi connectivity index (χ2v) is 4.16. The fourth-order valence-electron chi connectivity index (χ4n) is 1.39. The summed E-state index contributed by atoms with van der Waals surface area (Å²) in [5, 5.41) is 0. The molecule has 0 spiro atoms. The van der Waals surface area contributed by atoms with Crippen LogP contribution in [0.25, 0.3) is 0 Å². The number of carbonyl (C=O) groups excluding carboxylic acids is 1. The fourth-order valence-corrected chi connectivity index (χ4v) is 1.39. The first-order valence-electron chi connectivity index (χ1n) is 5.57. The predicted octanol–water partition coefficient (Wildman–Crippen LogP) is 2.65. The Balaban J connectivity index is 1.73. The van der Waals surface area contributed by atoms with Gasteiger partial charge in [-0.3, -0.25) is 4.79 Å². The summed E-state index contributed by atoms with van der Waals surface area (Å²) in [5.41, 5.74) is 0.700. The van der Waals surface area contributed by atoms with Crippen molar-refractivity contribution in [3.8, 4) is 5.75 Å². The van der Waals surface area contributed by atoms with Crippen molar-refractivity contribution in [2.45, 2.75) is 19.8 Å². The summed E-state index contributed by atoms with van der Waals surface area (Å²) < 4.78 is 10.7. The molecule has 1 aromatic rings. The molecule has 3 nitrogen and oxygen atoms in total. The highest BCUT2D eigenvalue weighted by molar-refractivity contribution is 5.94. The minimum absolute atomic E-state index is 0.0662. The number of rotatable bonds is 6. The number of hydrogen-bond donors (Lipinski definition) is 0. The van der Waals surface area contributed by atoms with Gasteiger partial charge < -0.3 is 9.47 Å². The monoisotopic (exact) mass is 220 g/mol. The number of carbonyl (C=O) groups is 1. The molecule has 0 bridgehead atoms. The number of ether oxygens (including phenoxy) is 2. The Kier molecular flexibility index (Phi) is 3.57. The summed E-state index contributed by atoms with van der Waals surface area (Å²) >= 11 is 0. The van der Waals surface area contributed by atoms with Crippen molar-refractivity contribution < 1.29 is 14.3 Å². The Morgan fingerprint density at radius 1 is 1.31 bits per heavy atom. The summed E-state index contributed by atoms with van der Waals surface area (Å²) in [4.78, 5) is 11.0. The van der Waals surface area contributed by atoms with Gasteiger partial charge in [0.25, 0.3) is 0 Å². The minimum atomic E-state index is 0.0662. The summed E-state index contributed by atoms with van der Waals surface area (Å²) in [6, 6.07) is 7.10. The number of benzene rings is 1. The van der Waals surface area contributed by atoms with Crippen LogP contribution in [0.3, 0.4) is 0 Å². The molecule has 0 saturated heterocycles. The first-order valence-corrected chi connectivity index (χ1v) is 5.57. The van der Waals surface area contributed by atoms with E-state index in [0.29, 0.717) is 5.56 Å². The third kappa shape index (κ3) is 3.35. The van der Waals surface area contributed by atoms with E-state index in [1.54, 1.807) is 31.2 Å². The minimum Gasteiger partial charge on any atom is -0.468 e. The second kappa shape index (κ2) is 5.12. The molecule has 0 unspecified atom stereocenters. The van der Waals surface area contributed by atoms with Crippen molar-refractivity contribution in [1.82, 2.24) is 0 Å². The molecule has 86 valence electrons. The van der Waals surface area contributed by atoms with Gasteiger partial charge in [0.15, 0.2) is 12.6 Å². The van der Waals surface area contributed by atoms with Crippen LogP contribution in [0.4, 0.5) is 0 Å². The van der Waals surface area contributed by atoms with Crippen LogP contribution >= 0.6 is 0 Å². The van der Waals surface area contributed by atoms with Crippen molar-refractivity contribution in [1.29, 1.82) is 0 Å². The Bertz CT molecular complexity index is 352. The Morgan fingerprint density at radius 3 is 2.56 bits per heavy atom.